The van der Waals surface area contributed by atoms with Crippen LogP contribution in [-0.2, 0) is 0 Å². The molecule has 3 nitrogen and oxygen atoms in total. The first-order valence-electron chi connectivity index (χ1n) is 5.76. The number of hydrogen-bond donors (Lipinski definition) is 1. The minimum Gasteiger partial charge on any atom is -0.457 e. The molecule has 2 rings (SSSR count). The van der Waals surface area contributed by atoms with E-state index in [9.17, 15) is 4.79 Å². The SMILES string of the molecule is O=C(CCO)c1ccc(Oc2ccccc2)cc1. The number of para-hydroxylation sites is 1. The molecule has 92 valence electrons. The lowest BCUT2D eigenvalue weighted by atomic mass is 10.1. The lowest BCUT2D eigenvalue weighted by Gasteiger charge is -2.06. The van der Waals surface area contributed by atoms with Crippen molar-refractivity contribution in [2.75, 3.05) is 6.61 Å². The van der Waals surface area contributed by atoms with Crippen LogP contribution in [0.4, 0.5) is 0 Å². The highest BCUT2D eigenvalue weighted by Gasteiger charge is 2.05. The van der Waals surface area contributed by atoms with Gasteiger partial charge in [-0.2, -0.15) is 0 Å². The molecule has 3 heteroatoms. The number of aliphatic hydroxyl groups excluding tert-OH is 1. The summed E-state index contributed by atoms with van der Waals surface area (Å²) in [5.74, 6) is 1.37. The zero-order valence-corrected chi connectivity index (χ0v) is 9.87. The normalized spacial score (nSPS) is 10.1. The third-order valence-electron chi connectivity index (χ3n) is 2.49. The van der Waals surface area contributed by atoms with Crippen LogP contribution in [-0.4, -0.2) is 17.5 Å². The van der Waals surface area contributed by atoms with Gasteiger partial charge >= 0.3 is 0 Å². The fraction of sp³-hybridized carbons (Fsp3) is 0.133. The number of carbonyl (C=O) groups is 1. The lowest BCUT2D eigenvalue weighted by Crippen LogP contribution is -2.01. The highest BCUT2D eigenvalue weighted by atomic mass is 16.5. The number of ketones is 1. The van der Waals surface area contributed by atoms with Crippen LogP contribution in [0, 0.1) is 0 Å². The summed E-state index contributed by atoms with van der Waals surface area (Å²) in [6.07, 6.45) is 0.152. The van der Waals surface area contributed by atoms with Crippen molar-refractivity contribution in [3.05, 3.63) is 60.2 Å². The van der Waals surface area contributed by atoms with Gasteiger partial charge in [0.25, 0.3) is 0 Å². The van der Waals surface area contributed by atoms with Gasteiger partial charge < -0.3 is 9.84 Å². The van der Waals surface area contributed by atoms with E-state index in [4.69, 9.17) is 9.84 Å². The second-order valence-corrected chi connectivity index (χ2v) is 3.84. The summed E-state index contributed by atoms with van der Waals surface area (Å²) in [6.45, 7) is -0.124. The van der Waals surface area contributed by atoms with Gasteiger partial charge in [-0.3, -0.25) is 4.79 Å². The topological polar surface area (TPSA) is 46.5 Å². The predicted octanol–water partition coefficient (Wildman–Crippen LogP) is 3.04. The number of rotatable bonds is 5. The third-order valence-corrected chi connectivity index (χ3v) is 2.49. The average molecular weight is 242 g/mol. The van der Waals surface area contributed by atoms with Gasteiger partial charge in [0.2, 0.25) is 0 Å². The quantitative estimate of drug-likeness (QED) is 0.820. The smallest absolute Gasteiger partial charge is 0.165 e. The Balaban J connectivity index is 2.06. The maximum atomic E-state index is 11.5. The molecule has 0 atom stereocenters. The molecule has 0 spiro atoms. The first kappa shape index (κ1) is 12.3. The molecular formula is C15H14O3. The monoisotopic (exact) mass is 242 g/mol. The van der Waals surface area contributed by atoms with Crippen LogP contribution in [0.5, 0.6) is 11.5 Å². The Morgan fingerprint density at radius 1 is 0.944 bits per heavy atom. The molecule has 0 aliphatic rings. The molecule has 0 aromatic heterocycles. The Kier molecular flexibility index (Phi) is 4.10. The molecule has 0 aliphatic heterocycles. The largest absolute Gasteiger partial charge is 0.457 e. The molecule has 0 unspecified atom stereocenters. The highest BCUT2D eigenvalue weighted by molar-refractivity contribution is 5.96. The van der Waals surface area contributed by atoms with Gasteiger partial charge in [-0.1, -0.05) is 18.2 Å². The summed E-state index contributed by atoms with van der Waals surface area (Å²) in [6, 6.07) is 16.4. The van der Waals surface area contributed by atoms with Gasteiger partial charge in [0.15, 0.2) is 5.78 Å². The van der Waals surface area contributed by atoms with E-state index in [1.165, 1.54) is 0 Å². The summed E-state index contributed by atoms with van der Waals surface area (Å²) < 4.78 is 5.61. The van der Waals surface area contributed by atoms with Crippen molar-refractivity contribution in [1.82, 2.24) is 0 Å². The van der Waals surface area contributed by atoms with Gasteiger partial charge in [0.1, 0.15) is 11.5 Å². The van der Waals surface area contributed by atoms with Crippen LogP contribution < -0.4 is 4.74 Å². The summed E-state index contributed by atoms with van der Waals surface area (Å²) >= 11 is 0. The average Bonchev–Trinajstić information content (AvgIpc) is 2.41. The van der Waals surface area contributed by atoms with Gasteiger partial charge in [-0.15, -0.1) is 0 Å². The Morgan fingerprint density at radius 2 is 1.56 bits per heavy atom. The molecule has 2 aromatic carbocycles. The fourth-order valence-electron chi connectivity index (χ4n) is 1.58. The molecule has 0 fully saturated rings. The van der Waals surface area contributed by atoms with Gasteiger partial charge in [-0.25, -0.2) is 0 Å². The maximum absolute atomic E-state index is 11.5. The molecule has 0 bridgehead atoms. The Hall–Kier alpha value is -2.13. The number of aliphatic hydroxyl groups is 1. The van der Waals surface area contributed by atoms with E-state index in [2.05, 4.69) is 0 Å². The van der Waals surface area contributed by atoms with Gasteiger partial charge in [0.05, 0.1) is 6.61 Å². The van der Waals surface area contributed by atoms with Crippen molar-refractivity contribution < 1.29 is 14.6 Å². The van der Waals surface area contributed by atoms with E-state index < -0.39 is 0 Å². The zero-order chi connectivity index (χ0) is 12.8. The standard InChI is InChI=1S/C15H14O3/c16-11-10-15(17)12-6-8-14(9-7-12)18-13-4-2-1-3-5-13/h1-9,16H,10-11H2. The van der Waals surface area contributed by atoms with E-state index in [1.807, 2.05) is 30.3 Å². The molecule has 1 N–H and O–H groups in total. The second kappa shape index (κ2) is 5.98. The minimum absolute atomic E-state index is 0.0660. The number of hydrogen-bond acceptors (Lipinski definition) is 3. The Morgan fingerprint density at radius 3 is 2.17 bits per heavy atom. The van der Waals surface area contributed by atoms with E-state index in [1.54, 1.807) is 24.3 Å². The van der Waals surface area contributed by atoms with Crippen molar-refractivity contribution in [3.8, 4) is 11.5 Å². The van der Waals surface area contributed by atoms with Crippen molar-refractivity contribution >= 4 is 5.78 Å². The summed E-state index contributed by atoms with van der Waals surface area (Å²) in [7, 11) is 0. The zero-order valence-electron chi connectivity index (χ0n) is 9.87. The van der Waals surface area contributed by atoms with Crippen LogP contribution >= 0.6 is 0 Å². The van der Waals surface area contributed by atoms with Crippen molar-refractivity contribution in [1.29, 1.82) is 0 Å². The molecule has 0 amide bonds. The fourth-order valence-corrected chi connectivity index (χ4v) is 1.58. The number of ether oxygens (including phenoxy) is 1. The van der Waals surface area contributed by atoms with E-state index in [0.29, 0.717) is 11.3 Å². The predicted molar refractivity (Wildman–Crippen MR) is 69.0 cm³/mol. The highest BCUT2D eigenvalue weighted by Crippen LogP contribution is 2.21. The number of Topliss-reactive ketones (excluding diaryl/α,β-unsaturated/α-hetero) is 1. The van der Waals surface area contributed by atoms with Crippen LogP contribution in [0.2, 0.25) is 0 Å². The molecule has 0 aliphatic carbocycles. The Labute approximate surface area is 106 Å². The van der Waals surface area contributed by atoms with Crippen LogP contribution in [0.1, 0.15) is 16.8 Å². The van der Waals surface area contributed by atoms with Crippen LogP contribution in [0.25, 0.3) is 0 Å². The molecule has 0 heterocycles. The molecule has 2 aromatic rings. The van der Waals surface area contributed by atoms with Crippen LogP contribution in [0.15, 0.2) is 54.6 Å². The first-order valence-corrected chi connectivity index (χ1v) is 5.76. The lowest BCUT2D eigenvalue weighted by molar-refractivity contribution is 0.0956. The van der Waals surface area contributed by atoms with Crippen molar-refractivity contribution in [2.24, 2.45) is 0 Å². The third kappa shape index (κ3) is 3.18. The number of carbonyl (C=O) groups excluding carboxylic acids is 1. The van der Waals surface area contributed by atoms with Crippen molar-refractivity contribution in [3.63, 3.8) is 0 Å². The van der Waals surface area contributed by atoms with Crippen LogP contribution in [0.3, 0.4) is 0 Å². The Bertz CT molecular complexity index is 503. The molecule has 0 radical (unpaired) electrons. The number of benzene rings is 2. The van der Waals surface area contributed by atoms with E-state index in [-0.39, 0.29) is 18.8 Å². The molecule has 0 saturated heterocycles. The molecular weight excluding hydrogens is 228 g/mol. The van der Waals surface area contributed by atoms with Gasteiger partial charge in [-0.05, 0) is 36.4 Å². The summed E-state index contributed by atoms with van der Waals surface area (Å²) in [5, 5.41) is 8.70. The minimum atomic E-state index is -0.124. The molecule has 18 heavy (non-hydrogen) atoms. The van der Waals surface area contributed by atoms with E-state index in [0.717, 1.165) is 5.75 Å². The summed E-state index contributed by atoms with van der Waals surface area (Å²) in [5.41, 5.74) is 0.587. The van der Waals surface area contributed by atoms with Gasteiger partial charge in [0, 0.05) is 12.0 Å². The summed E-state index contributed by atoms with van der Waals surface area (Å²) in [4.78, 5) is 11.5. The first-order chi connectivity index (χ1) is 8.79. The maximum Gasteiger partial charge on any atom is 0.165 e. The van der Waals surface area contributed by atoms with E-state index >= 15 is 0 Å². The second-order valence-electron chi connectivity index (χ2n) is 3.84. The molecule has 0 saturated carbocycles. The van der Waals surface area contributed by atoms with Crippen molar-refractivity contribution in [2.45, 2.75) is 6.42 Å².